The van der Waals surface area contributed by atoms with Crippen LogP contribution in [0.5, 0.6) is 0 Å². The Balaban J connectivity index is 2.79. The first-order valence-electron chi connectivity index (χ1n) is 7.15. The van der Waals surface area contributed by atoms with Crippen molar-refractivity contribution < 1.29 is 0 Å². The van der Waals surface area contributed by atoms with Crippen LogP contribution in [0, 0.1) is 5.41 Å². The number of hydrogen-bond donors (Lipinski definition) is 1. The van der Waals surface area contributed by atoms with Crippen molar-refractivity contribution in [1.82, 2.24) is 4.98 Å². The van der Waals surface area contributed by atoms with E-state index in [1.165, 1.54) is 22.9 Å². The van der Waals surface area contributed by atoms with E-state index < -0.39 is 0 Å². The molecular weight excluding hydrogens is 244 g/mol. The minimum absolute atomic E-state index is 0.447. The summed E-state index contributed by atoms with van der Waals surface area (Å²) in [5, 5.41) is 7.60. The molecule has 0 aliphatic heterocycles. The van der Waals surface area contributed by atoms with Gasteiger partial charge in [0.25, 0.3) is 0 Å². The molecule has 0 radical (unpaired) electrons. The molecule has 0 saturated heterocycles. The molecule has 0 unspecified atom stereocenters. The highest BCUT2D eigenvalue weighted by molar-refractivity contribution is 5.88. The number of rotatable bonds is 4. The van der Waals surface area contributed by atoms with Crippen LogP contribution in [0.1, 0.15) is 56.4 Å². The Morgan fingerprint density at radius 1 is 0.950 bits per heavy atom. The smallest absolute Gasteiger partial charge is 0.0883 e. The van der Waals surface area contributed by atoms with E-state index in [4.69, 9.17) is 5.41 Å². The molecule has 0 aliphatic rings. The quantitative estimate of drug-likeness (QED) is 0.777. The molecule has 0 aliphatic carbocycles. The van der Waals surface area contributed by atoms with E-state index in [9.17, 15) is 0 Å². The summed E-state index contributed by atoms with van der Waals surface area (Å²) in [5.41, 5.74) is 5.71. The van der Waals surface area contributed by atoms with Crippen molar-refractivity contribution in [2.24, 2.45) is 0 Å². The molecule has 1 aromatic carbocycles. The van der Waals surface area contributed by atoms with Crippen molar-refractivity contribution in [3.63, 3.8) is 0 Å². The Morgan fingerprint density at radius 2 is 1.55 bits per heavy atom. The molecule has 0 atom stereocenters. The molecule has 1 aromatic heterocycles. The first-order chi connectivity index (χ1) is 9.56. The van der Waals surface area contributed by atoms with Gasteiger partial charge < -0.3 is 5.41 Å². The molecule has 0 bridgehead atoms. The van der Waals surface area contributed by atoms with Gasteiger partial charge in [-0.15, -0.1) is 0 Å². The normalized spacial score (nSPS) is 11.1. The fourth-order valence-corrected chi connectivity index (χ4v) is 2.61. The average Bonchev–Trinajstić information content (AvgIpc) is 2.46. The summed E-state index contributed by atoms with van der Waals surface area (Å²) in [4.78, 5) is 4.33. The summed E-state index contributed by atoms with van der Waals surface area (Å²) >= 11 is 0. The molecule has 2 nitrogen and oxygen atoms in total. The van der Waals surface area contributed by atoms with Crippen molar-refractivity contribution in [3.05, 3.63) is 53.3 Å². The zero-order chi connectivity index (χ0) is 14.7. The van der Waals surface area contributed by atoms with Gasteiger partial charge in [0.05, 0.1) is 5.69 Å². The largest absolute Gasteiger partial charge is 0.306 e. The molecule has 0 fully saturated rings. The maximum Gasteiger partial charge on any atom is 0.0883 e. The second kappa shape index (κ2) is 6.00. The molecule has 1 N–H and O–H groups in total. The van der Waals surface area contributed by atoms with Crippen LogP contribution >= 0.6 is 0 Å². The van der Waals surface area contributed by atoms with Gasteiger partial charge in [0.2, 0.25) is 0 Å². The lowest BCUT2D eigenvalue weighted by Crippen LogP contribution is -2.02. The minimum Gasteiger partial charge on any atom is -0.306 e. The topological polar surface area (TPSA) is 36.7 Å². The Labute approximate surface area is 121 Å². The third kappa shape index (κ3) is 2.64. The number of nitrogens with one attached hydrogen (secondary N) is 1. The standard InChI is InChI=1S/C18H22N2/c1-12(2)14-7-5-8-15(13(3)4)18(14)16-9-6-10-20-17(16)11-19/h5-13,19H,1-4H3. The van der Waals surface area contributed by atoms with Crippen LogP contribution < -0.4 is 0 Å². The van der Waals surface area contributed by atoms with E-state index in [0.717, 1.165) is 11.3 Å². The lowest BCUT2D eigenvalue weighted by Gasteiger charge is -2.20. The van der Waals surface area contributed by atoms with E-state index in [1.807, 2.05) is 6.07 Å². The van der Waals surface area contributed by atoms with E-state index >= 15 is 0 Å². The third-order valence-corrected chi connectivity index (χ3v) is 3.62. The average molecular weight is 266 g/mol. The molecule has 0 amide bonds. The van der Waals surface area contributed by atoms with Gasteiger partial charge >= 0.3 is 0 Å². The van der Waals surface area contributed by atoms with E-state index in [1.54, 1.807) is 6.20 Å². The highest BCUT2D eigenvalue weighted by Gasteiger charge is 2.17. The molecule has 0 spiro atoms. The summed E-state index contributed by atoms with van der Waals surface area (Å²) in [6.07, 6.45) is 3.09. The SMILES string of the molecule is CC(C)c1cccc(C(C)C)c1-c1cccnc1C=N. The molecule has 20 heavy (non-hydrogen) atoms. The molecular formula is C18H22N2. The van der Waals surface area contributed by atoms with E-state index in [-0.39, 0.29) is 0 Å². The van der Waals surface area contributed by atoms with Crippen molar-refractivity contribution in [2.45, 2.75) is 39.5 Å². The van der Waals surface area contributed by atoms with Crippen LogP contribution in [0.2, 0.25) is 0 Å². The Hall–Kier alpha value is -1.96. The van der Waals surface area contributed by atoms with Crippen LogP contribution in [0.3, 0.4) is 0 Å². The molecule has 2 aromatic rings. The molecule has 0 saturated carbocycles. The lowest BCUT2D eigenvalue weighted by molar-refractivity contribution is 0.837. The maximum atomic E-state index is 7.60. The van der Waals surface area contributed by atoms with Crippen molar-refractivity contribution >= 4 is 6.21 Å². The van der Waals surface area contributed by atoms with Gasteiger partial charge in [0.1, 0.15) is 0 Å². The van der Waals surface area contributed by atoms with Crippen molar-refractivity contribution in [1.29, 1.82) is 5.41 Å². The summed E-state index contributed by atoms with van der Waals surface area (Å²) in [6.45, 7) is 8.85. The van der Waals surface area contributed by atoms with Gasteiger partial charge in [-0.25, -0.2) is 0 Å². The predicted molar refractivity (Wildman–Crippen MR) is 85.7 cm³/mol. The summed E-state index contributed by atoms with van der Waals surface area (Å²) < 4.78 is 0. The Bertz CT molecular complexity index is 586. The number of nitrogens with zero attached hydrogens (tertiary/aromatic N) is 1. The molecule has 1 heterocycles. The summed E-state index contributed by atoms with van der Waals surface area (Å²) in [6, 6.07) is 10.5. The first-order valence-corrected chi connectivity index (χ1v) is 7.15. The minimum atomic E-state index is 0.447. The highest BCUT2D eigenvalue weighted by Crippen LogP contribution is 2.36. The van der Waals surface area contributed by atoms with Crippen LogP contribution in [0.25, 0.3) is 11.1 Å². The second-order valence-electron chi connectivity index (χ2n) is 5.70. The number of hydrogen-bond acceptors (Lipinski definition) is 2. The second-order valence-corrected chi connectivity index (χ2v) is 5.70. The van der Waals surface area contributed by atoms with Gasteiger partial charge in [-0.3, -0.25) is 4.98 Å². The predicted octanol–water partition coefficient (Wildman–Crippen LogP) is 4.99. The van der Waals surface area contributed by atoms with Gasteiger partial charge in [-0.05, 0) is 34.6 Å². The zero-order valence-electron chi connectivity index (χ0n) is 12.6. The molecule has 2 heteroatoms. The first kappa shape index (κ1) is 14.4. The van der Waals surface area contributed by atoms with Crippen molar-refractivity contribution in [3.8, 4) is 11.1 Å². The van der Waals surface area contributed by atoms with E-state index in [0.29, 0.717) is 11.8 Å². The molecule has 104 valence electrons. The summed E-state index contributed by atoms with van der Waals surface area (Å²) in [7, 11) is 0. The maximum absolute atomic E-state index is 7.60. The van der Waals surface area contributed by atoms with E-state index in [2.05, 4.69) is 56.9 Å². The van der Waals surface area contributed by atoms with Crippen LogP contribution in [0.4, 0.5) is 0 Å². The van der Waals surface area contributed by atoms with Gasteiger partial charge in [-0.1, -0.05) is 52.0 Å². The van der Waals surface area contributed by atoms with Gasteiger partial charge in [0.15, 0.2) is 0 Å². The van der Waals surface area contributed by atoms with Gasteiger partial charge in [0, 0.05) is 18.0 Å². The molecule has 2 rings (SSSR count). The van der Waals surface area contributed by atoms with Crippen LogP contribution in [-0.4, -0.2) is 11.2 Å². The highest BCUT2D eigenvalue weighted by atomic mass is 14.7. The van der Waals surface area contributed by atoms with Crippen LogP contribution in [0.15, 0.2) is 36.5 Å². The van der Waals surface area contributed by atoms with Gasteiger partial charge in [-0.2, -0.15) is 0 Å². The fraction of sp³-hybridized carbons (Fsp3) is 0.333. The zero-order valence-corrected chi connectivity index (χ0v) is 12.6. The Kier molecular flexibility index (Phi) is 4.33. The number of aromatic nitrogens is 1. The third-order valence-electron chi connectivity index (χ3n) is 3.62. The van der Waals surface area contributed by atoms with Crippen molar-refractivity contribution in [2.75, 3.05) is 0 Å². The van der Waals surface area contributed by atoms with Crippen LogP contribution in [-0.2, 0) is 0 Å². The monoisotopic (exact) mass is 266 g/mol. The number of benzene rings is 1. The lowest BCUT2D eigenvalue weighted by atomic mass is 9.84. The Morgan fingerprint density at radius 3 is 2.05 bits per heavy atom. The summed E-state index contributed by atoms with van der Waals surface area (Å²) in [5.74, 6) is 0.893. The number of pyridine rings is 1. The fourth-order valence-electron chi connectivity index (χ4n) is 2.61.